The molecular formula is C23H41NO9. The van der Waals surface area contributed by atoms with Crippen LogP contribution in [-0.2, 0) is 19.0 Å². The molecule has 3 fully saturated rings. The van der Waals surface area contributed by atoms with E-state index in [0.29, 0.717) is 6.54 Å². The number of amides is 1. The molecule has 10 nitrogen and oxygen atoms in total. The predicted octanol–water partition coefficient (Wildman–Crippen LogP) is 2.42. The van der Waals surface area contributed by atoms with Crippen LogP contribution in [0.1, 0.15) is 91.9 Å². The third-order valence-corrected chi connectivity index (χ3v) is 7.47. The Labute approximate surface area is 195 Å². The molecule has 3 aliphatic rings. The van der Waals surface area contributed by atoms with E-state index >= 15 is 0 Å². The Morgan fingerprint density at radius 2 is 1.30 bits per heavy atom. The molecule has 5 N–H and O–H groups in total. The summed E-state index contributed by atoms with van der Waals surface area (Å²) in [6, 6.07) is 0. The smallest absolute Gasteiger partial charge is 0.407 e. The summed E-state index contributed by atoms with van der Waals surface area (Å²) >= 11 is 0. The van der Waals surface area contributed by atoms with E-state index in [0.717, 1.165) is 57.8 Å². The second kappa shape index (κ2) is 10.4. The van der Waals surface area contributed by atoms with Crippen molar-refractivity contribution in [2.24, 2.45) is 0 Å². The van der Waals surface area contributed by atoms with Crippen molar-refractivity contribution in [2.45, 2.75) is 120 Å². The number of carbonyl (C=O) groups excluding carboxylic acids is 1. The van der Waals surface area contributed by atoms with Gasteiger partial charge in [-0.25, -0.2) is 4.79 Å². The molecule has 1 amide bonds. The highest BCUT2D eigenvalue weighted by Gasteiger charge is 2.86. The van der Waals surface area contributed by atoms with Crippen molar-refractivity contribution in [1.29, 1.82) is 0 Å². The second-order valence-corrected chi connectivity index (χ2v) is 9.95. The van der Waals surface area contributed by atoms with Crippen molar-refractivity contribution in [3.63, 3.8) is 0 Å². The van der Waals surface area contributed by atoms with Gasteiger partial charge in [0.2, 0.25) is 5.79 Å². The van der Waals surface area contributed by atoms with E-state index in [9.17, 15) is 24.9 Å². The van der Waals surface area contributed by atoms with Crippen LogP contribution in [0.3, 0.4) is 0 Å². The largest absolute Gasteiger partial charge is 0.481 e. The zero-order valence-electron chi connectivity index (χ0n) is 20.3. The SMILES string of the molecule is CC1(O)[C@@](C)(O)OC2(COC(=O)NCCCCCCCCCCCC(=O)O)O[C@]1(C)[C@]2(C)O. The van der Waals surface area contributed by atoms with E-state index in [4.69, 9.17) is 19.3 Å². The molecular weight excluding hydrogens is 434 g/mol. The summed E-state index contributed by atoms with van der Waals surface area (Å²) in [5.74, 6) is -4.53. The van der Waals surface area contributed by atoms with Crippen LogP contribution in [0.25, 0.3) is 0 Å². The standard InChI is InChI=1S/C23H41NO9/c1-19(28)21(3)20(2,29)23(32-21,33-22(19,4)30)16-31-18(27)24-15-13-11-9-7-5-6-8-10-12-14-17(25)26/h28-30H,5-16H2,1-4H3,(H,24,27)(H,25,26)/t19?,20-,21-,22-,23?/m0/s1. The summed E-state index contributed by atoms with van der Waals surface area (Å²) in [6.45, 7) is 5.49. The Bertz CT molecular complexity index is 693. The number of unbranched alkanes of at least 4 members (excludes halogenated alkanes) is 8. The Kier molecular flexibility index (Phi) is 8.78. The molecule has 3 rings (SSSR count). The molecule has 10 heteroatoms. The molecule has 192 valence electrons. The first-order valence-corrected chi connectivity index (χ1v) is 11.9. The Hall–Kier alpha value is -1.46. The van der Waals surface area contributed by atoms with Crippen LogP contribution in [0.4, 0.5) is 4.79 Å². The van der Waals surface area contributed by atoms with Gasteiger partial charge < -0.3 is 40.0 Å². The van der Waals surface area contributed by atoms with Crippen molar-refractivity contribution in [3.05, 3.63) is 0 Å². The maximum Gasteiger partial charge on any atom is 0.407 e. The molecule has 3 heterocycles. The Morgan fingerprint density at radius 1 is 0.788 bits per heavy atom. The van der Waals surface area contributed by atoms with Gasteiger partial charge in [-0.2, -0.15) is 0 Å². The molecule has 0 aromatic heterocycles. The molecule has 0 aromatic rings. The topological polar surface area (TPSA) is 155 Å². The Morgan fingerprint density at radius 3 is 1.82 bits per heavy atom. The number of hydrogen-bond donors (Lipinski definition) is 5. The van der Waals surface area contributed by atoms with Crippen LogP contribution < -0.4 is 5.32 Å². The molecule has 33 heavy (non-hydrogen) atoms. The first-order chi connectivity index (χ1) is 15.2. The van der Waals surface area contributed by atoms with Crippen LogP contribution in [0.15, 0.2) is 0 Å². The second-order valence-electron chi connectivity index (χ2n) is 9.95. The number of ether oxygens (including phenoxy) is 3. The fourth-order valence-electron chi connectivity index (χ4n) is 4.64. The fourth-order valence-corrected chi connectivity index (χ4v) is 4.64. The minimum atomic E-state index is -2.01. The molecule has 5 atom stereocenters. The quantitative estimate of drug-likeness (QED) is 0.238. The number of alkyl carbamates (subject to hydrolysis) is 1. The highest BCUT2D eigenvalue weighted by molar-refractivity contribution is 5.67. The van der Waals surface area contributed by atoms with Gasteiger partial charge in [-0.1, -0.05) is 44.9 Å². The summed E-state index contributed by atoms with van der Waals surface area (Å²) in [5, 5.41) is 43.4. The summed E-state index contributed by atoms with van der Waals surface area (Å²) in [7, 11) is 0. The number of carbonyl (C=O) groups is 2. The lowest BCUT2D eigenvalue weighted by Gasteiger charge is -2.74. The number of aliphatic carboxylic acids is 1. The van der Waals surface area contributed by atoms with Crippen LogP contribution >= 0.6 is 0 Å². The van der Waals surface area contributed by atoms with Gasteiger partial charge in [0.15, 0.2) is 18.0 Å². The number of hydrogen-bond acceptors (Lipinski definition) is 8. The molecule has 0 saturated carbocycles. The number of nitrogens with one attached hydrogen (secondary N) is 1. The molecule has 2 unspecified atom stereocenters. The molecule has 3 saturated heterocycles. The van der Waals surface area contributed by atoms with Gasteiger partial charge in [0.05, 0.1) is 0 Å². The van der Waals surface area contributed by atoms with Crippen molar-refractivity contribution < 1.29 is 44.2 Å². The number of aliphatic hydroxyl groups is 3. The highest BCUT2D eigenvalue weighted by Crippen LogP contribution is 2.64. The first-order valence-electron chi connectivity index (χ1n) is 11.9. The van der Waals surface area contributed by atoms with E-state index in [1.54, 1.807) is 0 Å². The number of rotatable bonds is 14. The zero-order valence-corrected chi connectivity index (χ0v) is 20.3. The van der Waals surface area contributed by atoms with Crippen molar-refractivity contribution in [1.82, 2.24) is 5.32 Å². The normalized spacial score (nSPS) is 37.3. The number of carboxylic acids is 1. The van der Waals surface area contributed by atoms with E-state index in [-0.39, 0.29) is 6.42 Å². The van der Waals surface area contributed by atoms with E-state index in [1.165, 1.54) is 27.7 Å². The highest BCUT2D eigenvalue weighted by atomic mass is 16.8. The summed E-state index contributed by atoms with van der Waals surface area (Å²) < 4.78 is 16.4. The molecule has 3 aliphatic heterocycles. The van der Waals surface area contributed by atoms with E-state index < -0.39 is 47.0 Å². The Balaban J connectivity index is 1.58. The average molecular weight is 476 g/mol. The monoisotopic (exact) mass is 475 g/mol. The maximum absolute atomic E-state index is 12.1. The minimum Gasteiger partial charge on any atom is -0.481 e. The minimum absolute atomic E-state index is 0.248. The van der Waals surface area contributed by atoms with Gasteiger partial charge in [0, 0.05) is 13.0 Å². The molecule has 0 radical (unpaired) electrons. The van der Waals surface area contributed by atoms with Crippen LogP contribution in [-0.4, -0.2) is 74.0 Å². The third-order valence-electron chi connectivity index (χ3n) is 7.47. The lowest BCUT2D eigenvalue weighted by molar-refractivity contribution is -0.601. The average Bonchev–Trinajstić information content (AvgIpc) is 2.70. The molecule has 0 spiro atoms. The van der Waals surface area contributed by atoms with Crippen LogP contribution in [0.5, 0.6) is 0 Å². The fraction of sp³-hybridized carbons (Fsp3) is 0.913. The van der Waals surface area contributed by atoms with Gasteiger partial charge in [0.25, 0.3) is 0 Å². The summed E-state index contributed by atoms with van der Waals surface area (Å²) in [5.41, 5.74) is -5.11. The number of fused-ring (bicyclic) bond motifs is 2. The van der Waals surface area contributed by atoms with Crippen molar-refractivity contribution in [2.75, 3.05) is 13.2 Å². The van der Waals surface area contributed by atoms with E-state index in [2.05, 4.69) is 5.32 Å². The van der Waals surface area contributed by atoms with Crippen molar-refractivity contribution in [3.8, 4) is 0 Å². The maximum atomic E-state index is 12.1. The first kappa shape index (κ1) is 27.8. The van der Waals surface area contributed by atoms with E-state index in [1.807, 2.05) is 0 Å². The lowest BCUT2D eigenvalue weighted by atomic mass is 9.59. The number of carboxylic acid groups (broad SMARTS) is 1. The molecule has 0 aromatic carbocycles. The summed E-state index contributed by atoms with van der Waals surface area (Å²) in [4.78, 5) is 22.5. The van der Waals surface area contributed by atoms with Gasteiger partial charge in [0.1, 0.15) is 11.2 Å². The molecule has 0 aliphatic carbocycles. The summed E-state index contributed by atoms with van der Waals surface area (Å²) in [6.07, 6.45) is 8.52. The van der Waals surface area contributed by atoms with Gasteiger partial charge >= 0.3 is 12.1 Å². The third kappa shape index (κ3) is 5.45. The van der Waals surface area contributed by atoms with Gasteiger partial charge in [-0.3, -0.25) is 4.79 Å². The predicted molar refractivity (Wildman–Crippen MR) is 118 cm³/mol. The van der Waals surface area contributed by atoms with Gasteiger partial charge in [-0.05, 0) is 40.5 Å². The van der Waals surface area contributed by atoms with Gasteiger partial charge in [-0.15, -0.1) is 0 Å². The zero-order chi connectivity index (χ0) is 25.0. The lowest BCUT2D eigenvalue weighted by Crippen LogP contribution is -2.95. The van der Waals surface area contributed by atoms with Crippen LogP contribution in [0, 0.1) is 0 Å². The van der Waals surface area contributed by atoms with Crippen molar-refractivity contribution >= 4 is 12.1 Å². The van der Waals surface area contributed by atoms with Crippen LogP contribution in [0.2, 0.25) is 0 Å². The molecule has 2 bridgehead atoms.